The maximum Gasteiger partial charge on any atom is 0.134 e. The first-order valence-corrected chi connectivity index (χ1v) is 6.60. The van der Waals surface area contributed by atoms with Crippen molar-refractivity contribution < 1.29 is 0 Å². The highest BCUT2D eigenvalue weighted by Crippen LogP contribution is 2.06. The van der Waals surface area contributed by atoms with Gasteiger partial charge in [-0.05, 0) is 23.8 Å². The highest BCUT2D eigenvalue weighted by atomic mass is 35.5. The first-order chi connectivity index (χ1) is 9.69. The summed E-state index contributed by atoms with van der Waals surface area (Å²) in [5.74, 6) is 0. The van der Waals surface area contributed by atoms with Gasteiger partial charge in [0, 0.05) is 12.4 Å². The van der Waals surface area contributed by atoms with Crippen LogP contribution in [0.1, 0.15) is 5.56 Å². The molecule has 0 aromatic carbocycles. The van der Waals surface area contributed by atoms with Crippen molar-refractivity contribution in [2.45, 2.75) is 6.54 Å². The van der Waals surface area contributed by atoms with Gasteiger partial charge >= 0.3 is 0 Å². The molecule has 5 nitrogen and oxygen atoms in total. The Morgan fingerprint density at radius 1 is 1.35 bits per heavy atom. The standard InChI is InChI=1S/C13H11ClN4OS/c14-11-5-4-10(7-15-11)9-18-6-2-1-3-12(18)17-13(20)8-16-19/h1-7H,8-9H2. The molecule has 0 aliphatic rings. The number of halogens is 1. The van der Waals surface area contributed by atoms with Crippen molar-refractivity contribution in [1.82, 2.24) is 9.55 Å². The van der Waals surface area contributed by atoms with Crippen LogP contribution < -0.4 is 5.49 Å². The summed E-state index contributed by atoms with van der Waals surface area (Å²) >= 11 is 10.7. The molecule has 2 heterocycles. The minimum atomic E-state index is -0.0905. The molecule has 0 aliphatic carbocycles. The van der Waals surface area contributed by atoms with Gasteiger partial charge in [0.15, 0.2) is 0 Å². The van der Waals surface area contributed by atoms with Gasteiger partial charge in [0.05, 0.1) is 6.54 Å². The third-order valence-corrected chi connectivity index (χ3v) is 2.94. The van der Waals surface area contributed by atoms with Gasteiger partial charge in [0.2, 0.25) is 0 Å². The largest absolute Gasteiger partial charge is 0.329 e. The quantitative estimate of drug-likeness (QED) is 0.495. The third-order valence-electron chi connectivity index (χ3n) is 2.50. The van der Waals surface area contributed by atoms with Crippen LogP contribution in [-0.4, -0.2) is 21.1 Å². The lowest BCUT2D eigenvalue weighted by molar-refractivity contribution is 0.742. The van der Waals surface area contributed by atoms with Gasteiger partial charge in [0.1, 0.15) is 22.2 Å². The van der Waals surface area contributed by atoms with E-state index in [9.17, 15) is 4.91 Å². The van der Waals surface area contributed by atoms with E-state index in [4.69, 9.17) is 23.8 Å². The van der Waals surface area contributed by atoms with Crippen molar-refractivity contribution in [3.05, 3.63) is 63.8 Å². The summed E-state index contributed by atoms with van der Waals surface area (Å²) in [6.45, 7) is 0.494. The average Bonchev–Trinajstić information content (AvgIpc) is 2.44. The molecule has 0 saturated carbocycles. The van der Waals surface area contributed by atoms with Crippen molar-refractivity contribution in [3.63, 3.8) is 0 Å². The molecule has 0 saturated heterocycles. The second-order valence-corrected chi connectivity index (χ2v) is 4.83. The Balaban J connectivity index is 2.30. The summed E-state index contributed by atoms with van der Waals surface area (Å²) in [5, 5.41) is 3.19. The smallest absolute Gasteiger partial charge is 0.134 e. The second-order valence-electron chi connectivity index (χ2n) is 3.97. The minimum absolute atomic E-state index is 0.0905. The molecule has 0 fully saturated rings. The first-order valence-electron chi connectivity index (χ1n) is 5.81. The van der Waals surface area contributed by atoms with Crippen molar-refractivity contribution in [2.75, 3.05) is 6.54 Å². The van der Waals surface area contributed by atoms with E-state index in [1.807, 2.05) is 35.0 Å². The highest BCUT2D eigenvalue weighted by Gasteiger charge is 1.99. The molecule has 0 radical (unpaired) electrons. The van der Waals surface area contributed by atoms with Gasteiger partial charge in [-0.25, -0.2) is 9.98 Å². The summed E-state index contributed by atoms with van der Waals surface area (Å²) in [7, 11) is 0. The second kappa shape index (κ2) is 7.02. The van der Waals surface area contributed by atoms with E-state index in [1.54, 1.807) is 12.3 Å². The molecule has 0 aliphatic heterocycles. The average molecular weight is 307 g/mol. The Kier molecular flexibility index (Phi) is 5.09. The van der Waals surface area contributed by atoms with E-state index in [0.717, 1.165) is 5.56 Å². The van der Waals surface area contributed by atoms with Crippen LogP contribution in [0, 0.1) is 4.91 Å². The topological polar surface area (TPSA) is 59.6 Å². The van der Waals surface area contributed by atoms with Crippen molar-refractivity contribution >= 4 is 28.8 Å². The number of hydrogen-bond acceptors (Lipinski definition) is 4. The number of nitrogens with zero attached hydrogens (tertiary/aromatic N) is 4. The molecule has 0 spiro atoms. The molecule has 20 heavy (non-hydrogen) atoms. The molecule has 2 rings (SSSR count). The lowest BCUT2D eigenvalue weighted by atomic mass is 10.3. The van der Waals surface area contributed by atoms with Crippen molar-refractivity contribution in [1.29, 1.82) is 0 Å². The van der Waals surface area contributed by atoms with Crippen LogP contribution in [0.4, 0.5) is 0 Å². The summed E-state index contributed by atoms with van der Waals surface area (Å²) < 4.78 is 1.90. The lowest BCUT2D eigenvalue weighted by Gasteiger charge is -2.07. The Morgan fingerprint density at radius 3 is 2.90 bits per heavy atom. The fourth-order valence-corrected chi connectivity index (χ4v) is 1.88. The first kappa shape index (κ1) is 14.5. The Bertz CT molecular complexity index is 681. The summed E-state index contributed by atoms with van der Waals surface area (Å²) in [4.78, 5) is 18.7. The van der Waals surface area contributed by atoms with Crippen molar-refractivity contribution in [3.8, 4) is 0 Å². The molecule has 0 atom stereocenters. The number of pyridine rings is 2. The molecule has 102 valence electrons. The van der Waals surface area contributed by atoms with E-state index in [-0.39, 0.29) is 11.5 Å². The predicted molar refractivity (Wildman–Crippen MR) is 81.6 cm³/mol. The molecule has 0 unspecified atom stereocenters. The maximum atomic E-state index is 10.2. The van der Waals surface area contributed by atoms with E-state index in [1.165, 1.54) is 0 Å². The number of hydrogen-bond donors (Lipinski definition) is 0. The number of thiocarbonyl (C=S) groups is 1. The number of nitroso groups, excluding NO2 is 1. The fourth-order valence-electron chi connectivity index (χ4n) is 1.62. The van der Waals surface area contributed by atoms with Gasteiger partial charge in [0.25, 0.3) is 0 Å². The summed E-state index contributed by atoms with van der Waals surface area (Å²) in [5.41, 5.74) is 1.65. The molecular weight excluding hydrogens is 296 g/mol. The van der Waals surface area contributed by atoms with Crippen molar-refractivity contribution in [2.24, 2.45) is 10.2 Å². The molecule has 0 N–H and O–H groups in total. The Hall–Kier alpha value is -1.92. The molecule has 2 aromatic rings. The molecule has 0 amide bonds. The van der Waals surface area contributed by atoms with Gasteiger partial charge < -0.3 is 4.57 Å². The minimum Gasteiger partial charge on any atom is -0.329 e. The third kappa shape index (κ3) is 4.04. The van der Waals surface area contributed by atoms with Gasteiger partial charge in [-0.2, -0.15) is 4.91 Å². The van der Waals surface area contributed by atoms with E-state index < -0.39 is 0 Å². The normalized spacial score (nSPS) is 11.3. The van der Waals surface area contributed by atoms with E-state index >= 15 is 0 Å². The van der Waals surface area contributed by atoms with Gasteiger partial charge in [-0.3, -0.25) is 0 Å². The van der Waals surface area contributed by atoms with Crippen LogP contribution in [0.3, 0.4) is 0 Å². The zero-order valence-electron chi connectivity index (χ0n) is 10.4. The van der Waals surface area contributed by atoms with Crippen LogP contribution >= 0.6 is 23.8 Å². The molecule has 7 heteroatoms. The summed E-state index contributed by atoms with van der Waals surface area (Å²) in [6.07, 6.45) is 3.59. The Morgan fingerprint density at radius 2 is 2.20 bits per heavy atom. The number of aromatic nitrogens is 2. The zero-order chi connectivity index (χ0) is 14.4. The highest BCUT2D eigenvalue weighted by molar-refractivity contribution is 7.80. The molecule has 2 aromatic heterocycles. The van der Waals surface area contributed by atoms with Crippen LogP contribution in [0.15, 0.2) is 52.9 Å². The maximum absolute atomic E-state index is 10.2. The lowest BCUT2D eigenvalue weighted by Crippen LogP contribution is -2.22. The van der Waals surface area contributed by atoms with E-state index in [2.05, 4.69) is 15.2 Å². The van der Waals surface area contributed by atoms with Gasteiger partial charge in [-0.1, -0.05) is 41.1 Å². The van der Waals surface area contributed by atoms with Crippen LogP contribution in [0.25, 0.3) is 0 Å². The Labute approximate surface area is 125 Å². The summed E-state index contributed by atoms with van der Waals surface area (Å²) in [6, 6.07) is 9.19. The van der Waals surface area contributed by atoms with Crippen LogP contribution in [0.2, 0.25) is 5.15 Å². The zero-order valence-corrected chi connectivity index (χ0v) is 12.0. The van der Waals surface area contributed by atoms with Gasteiger partial charge in [-0.15, -0.1) is 0 Å². The monoisotopic (exact) mass is 306 g/mol. The SMILES string of the molecule is O=NCC(=S)N=c1ccccn1Cc1ccc(Cl)nc1. The van der Waals surface area contributed by atoms with E-state index in [0.29, 0.717) is 17.2 Å². The fraction of sp³-hybridized carbons (Fsp3) is 0.154. The molecule has 0 bridgehead atoms. The molecular formula is C13H11ClN4OS. The van der Waals surface area contributed by atoms with Crippen LogP contribution in [-0.2, 0) is 6.54 Å². The number of rotatable bonds is 4. The predicted octanol–water partition coefficient (Wildman–Crippen LogP) is 2.58. The van der Waals surface area contributed by atoms with Crippen LogP contribution in [0.5, 0.6) is 0 Å².